The first kappa shape index (κ1) is 17.6. The minimum Gasteiger partial charge on any atom is -0.480 e. The van der Waals surface area contributed by atoms with Gasteiger partial charge in [-0.1, -0.05) is 18.2 Å². The number of rotatable bonds is 6. The smallest absolute Gasteiger partial charge is 0.324 e. The molecule has 0 saturated heterocycles. The van der Waals surface area contributed by atoms with Crippen LogP contribution >= 0.6 is 0 Å². The van der Waals surface area contributed by atoms with Crippen molar-refractivity contribution in [1.29, 1.82) is 0 Å². The molecule has 0 unspecified atom stereocenters. The molecule has 0 spiro atoms. The van der Waals surface area contributed by atoms with Crippen LogP contribution in [0.2, 0.25) is 0 Å². The second-order valence-electron chi connectivity index (χ2n) is 5.27. The molecule has 0 aliphatic heterocycles. The summed E-state index contributed by atoms with van der Waals surface area (Å²) in [6.07, 6.45) is 2.90. The van der Waals surface area contributed by atoms with Gasteiger partial charge in [0.15, 0.2) is 0 Å². The number of methoxy groups -OCH3 is 1. The number of sulfonamides is 1. The lowest BCUT2D eigenvalue weighted by molar-refractivity contribution is -0.135. The summed E-state index contributed by atoms with van der Waals surface area (Å²) in [6.45, 7) is -0.784. The van der Waals surface area contributed by atoms with Crippen LogP contribution in [0.25, 0.3) is 10.9 Å². The molecular weight excluding hydrogens is 358 g/mol. The SMILES string of the molecule is COc1ncccc1N(CC(=O)O)S(=O)(=O)c1cccc2cccnc12. The molecular formula is C17H15N3O5S. The standard InChI is InChI=1S/C17H15N3O5S/c1-25-17-13(7-4-10-19-17)20(11-15(21)22)26(23,24)14-8-2-5-12-6-3-9-18-16(12)14/h2-10H,11H2,1H3,(H,21,22). The van der Waals surface area contributed by atoms with Gasteiger partial charge in [-0.05, 0) is 24.3 Å². The highest BCUT2D eigenvalue weighted by Crippen LogP contribution is 2.32. The molecule has 9 heteroatoms. The fourth-order valence-corrected chi connectivity index (χ4v) is 4.14. The number of benzene rings is 1. The van der Waals surface area contributed by atoms with Crippen LogP contribution < -0.4 is 9.04 Å². The Labute approximate surface area is 149 Å². The molecule has 0 aliphatic carbocycles. The second kappa shape index (κ2) is 6.96. The van der Waals surface area contributed by atoms with Gasteiger partial charge < -0.3 is 9.84 Å². The van der Waals surface area contributed by atoms with E-state index in [-0.39, 0.29) is 22.0 Å². The Morgan fingerprint density at radius 1 is 1.12 bits per heavy atom. The number of pyridine rings is 2. The molecule has 0 amide bonds. The van der Waals surface area contributed by atoms with Crippen LogP contribution in [0.4, 0.5) is 5.69 Å². The molecule has 1 aromatic carbocycles. The van der Waals surface area contributed by atoms with E-state index in [0.29, 0.717) is 5.39 Å². The molecule has 8 nitrogen and oxygen atoms in total. The van der Waals surface area contributed by atoms with Gasteiger partial charge in [-0.3, -0.25) is 9.78 Å². The summed E-state index contributed by atoms with van der Waals surface area (Å²) >= 11 is 0. The zero-order valence-corrected chi connectivity index (χ0v) is 14.5. The van der Waals surface area contributed by atoms with Gasteiger partial charge >= 0.3 is 5.97 Å². The molecule has 134 valence electrons. The topological polar surface area (TPSA) is 110 Å². The quantitative estimate of drug-likeness (QED) is 0.703. The number of ether oxygens (including phenoxy) is 1. The number of fused-ring (bicyclic) bond motifs is 1. The Bertz CT molecular complexity index is 1060. The average molecular weight is 373 g/mol. The number of hydrogen-bond donors (Lipinski definition) is 1. The van der Waals surface area contributed by atoms with Crippen molar-refractivity contribution in [2.45, 2.75) is 4.90 Å². The summed E-state index contributed by atoms with van der Waals surface area (Å²) in [4.78, 5) is 19.3. The van der Waals surface area contributed by atoms with Crippen LogP contribution in [0, 0.1) is 0 Å². The van der Waals surface area contributed by atoms with Gasteiger partial charge in [0.25, 0.3) is 10.0 Å². The molecule has 2 aromatic heterocycles. The van der Waals surface area contributed by atoms with Crippen LogP contribution in [0.3, 0.4) is 0 Å². The van der Waals surface area contributed by atoms with Gasteiger partial charge in [-0.2, -0.15) is 0 Å². The lowest BCUT2D eigenvalue weighted by Gasteiger charge is -2.24. The summed E-state index contributed by atoms with van der Waals surface area (Å²) in [5.74, 6) is -1.31. The fraction of sp³-hybridized carbons (Fsp3) is 0.118. The van der Waals surface area contributed by atoms with Crippen LogP contribution in [0.1, 0.15) is 0 Å². The van der Waals surface area contributed by atoms with E-state index >= 15 is 0 Å². The van der Waals surface area contributed by atoms with Crippen LogP contribution in [0.15, 0.2) is 59.8 Å². The average Bonchev–Trinajstić information content (AvgIpc) is 2.65. The van der Waals surface area contributed by atoms with Gasteiger partial charge in [-0.15, -0.1) is 0 Å². The van der Waals surface area contributed by atoms with Gasteiger partial charge in [0.2, 0.25) is 5.88 Å². The summed E-state index contributed by atoms with van der Waals surface area (Å²) in [6, 6.07) is 11.1. The van der Waals surface area contributed by atoms with Crippen molar-refractivity contribution in [2.24, 2.45) is 0 Å². The van der Waals surface area contributed by atoms with Crippen LogP contribution in [-0.4, -0.2) is 43.1 Å². The number of aromatic nitrogens is 2. The van der Waals surface area contributed by atoms with Crippen molar-refractivity contribution in [3.63, 3.8) is 0 Å². The van der Waals surface area contributed by atoms with E-state index in [2.05, 4.69) is 9.97 Å². The Kier molecular flexibility index (Phi) is 4.72. The minimum atomic E-state index is -4.24. The largest absolute Gasteiger partial charge is 0.480 e. The molecule has 3 aromatic rings. The molecule has 26 heavy (non-hydrogen) atoms. The van der Waals surface area contributed by atoms with Crippen LogP contribution in [-0.2, 0) is 14.8 Å². The van der Waals surface area contributed by atoms with Crippen molar-refractivity contribution < 1.29 is 23.1 Å². The third-order valence-corrected chi connectivity index (χ3v) is 5.45. The number of carboxylic acid groups (broad SMARTS) is 1. The lowest BCUT2D eigenvalue weighted by Crippen LogP contribution is -2.36. The fourth-order valence-electron chi connectivity index (χ4n) is 2.55. The van der Waals surface area contributed by atoms with Crippen molar-refractivity contribution in [3.05, 3.63) is 54.9 Å². The molecule has 1 N–H and O–H groups in total. The highest BCUT2D eigenvalue weighted by Gasteiger charge is 2.31. The number of aliphatic carboxylic acids is 1. The highest BCUT2D eigenvalue weighted by molar-refractivity contribution is 7.93. The summed E-state index contributed by atoms with van der Waals surface area (Å²) < 4.78 is 32.4. The summed E-state index contributed by atoms with van der Waals surface area (Å²) in [5, 5.41) is 9.88. The monoisotopic (exact) mass is 373 g/mol. The Balaban J connectivity index is 2.24. The highest BCUT2D eigenvalue weighted by atomic mass is 32.2. The number of carbonyl (C=O) groups is 1. The maximum Gasteiger partial charge on any atom is 0.324 e. The predicted octanol–water partition coefficient (Wildman–Crippen LogP) is 1.92. The first-order valence-electron chi connectivity index (χ1n) is 7.52. The molecule has 0 saturated carbocycles. The van der Waals surface area contributed by atoms with Gasteiger partial charge in [0, 0.05) is 17.8 Å². The third-order valence-electron chi connectivity index (χ3n) is 3.66. The van der Waals surface area contributed by atoms with Crippen LogP contribution in [0.5, 0.6) is 5.88 Å². The van der Waals surface area contributed by atoms with Gasteiger partial charge in [-0.25, -0.2) is 17.7 Å². The first-order chi connectivity index (χ1) is 12.4. The summed E-state index contributed by atoms with van der Waals surface area (Å²) in [7, 11) is -2.91. The number of nitrogens with zero attached hydrogens (tertiary/aromatic N) is 3. The second-order valence-corrected chi connectivity index (χ2v) is 7.10. The minimum absolute atomic E-state index is 0.00511. The van der Waals surface area contributed by atoms with Gasteiger partial charge in [0.1, 0.15) is 17.1 Å². The van der Waals surface area contributed by atoms with E-state index < -0.39 is 22.5 Å². The van der Waals surface area contributed by atoms with Crippen molar-refractivity contribution in [2.75, 3.05) is 18.0 Å². The van der Waals surface area contributed by atoms with E-state index in [9.17, 15) is 18.3 Å². The predicted molar refractivity (Wildman–Crippen MR) is 94.7 cm³/mol. The number of anilines is 1. The van der Waals surface area contributed by atoms with Crippen molar-refractivity contribution >= 4 is 32.6 Å². The first-order valence-corrected chi connectivity index (χ1v) is 8.96. The Hall–Kier alpha value is -3.20. The molecule has 0 radical (unpaired) electrons. The molecule has 3 rings (SSSR count). The van der Waals surface area contributed by atoms with E-state index in [0.717, 1.165) is 4.31 Å². The number of carboxylic acids is 1. The summed E-state index contributed by atoms with van der Waals surface area (Å²) in [5.41, 5.74) is 0.290. The number of para-hydroxylation sites is 1. The van der Waals surface area contributed by atoms with Crippen molar-refractivity contribution in [1.82, 2.24) is 9.97 Å². The van der Waals surface area contributed by atoms with E-state index in [1.54, 1.807) is 24.3 Å². The van der Waals surface area contributed by atoms with E-state index in [4.69, 9.17) is 4.74 Å². The lowest BCUT2D eigenvalue weighted by atomic mass is 10.2. The molecule has 0 bridgehead atoms. The maximum absolute atomic E-state index is 13.3. The molecule has 0 aliphatic rings. The Morgan fingerprint density at radius 2 is 1.81 bits per heavy atom. The maximum atomic E-state index is 13.3. The zero-order chi connectivity index (χ0) is 18.7. The van der Waals surface area contributed by atoms with Crippen molar-refractivity contribution in [3.8, 4) is 5.88 Å². The molecule has 2 heterocycles. The normalized spacial score (nSPS) is 11.3. The Morgan fingerprint density at radius 3 is 2.54 bits per heavy atom. The zero-order valence-electron chi connectivity index (χ0n) is 13.7. The van der Waals surface area contributed by atoms with E-state index in [1.165, 1.54) is 37.7 Å². The molecule has 0 atom stereocenters. The number of hydrogen-bond acceptors (Lipinski definition) is 6. The van der Waals surface area contributed by atoms with E-state index in [1.807, 2.05) is 0 Å². The van der Waals surface area contributed by atoms with Gasteiger partial charge in [0.05, 0.1) is 12.6 Å². The third kappa shape index (κ3) is 3.16. The molecule has 0 fully saturated rings.